The van der Waals surface area contributed by atoms with Crippen LogP contribution < -0.4 is 10.1 Å². The molecule has 0 bridgehead atoms. The molecule has 2 nitrogen and oxygen atoms in total. The van der Waals surface area contributed by atoms with Gasteiger partial charge in [-0.05, 0) is 32.4 Å². The van der Waals surface area contributed by atoms with Crippen molar-refractivity contribution in [3.63, 3.8) is 0 Å². The standard InChI is InChI=1S/C13H19F2NO/c1-4-13(2,3)16-7-8-17-10-5-6-11(14)12(15)9-10/h5-6,9,16H,4,7-8H2,1-3H3. The van der Waals surface area contributed by atoms with Crippen LogP contribution in [0.15, 0.2) is 18.2 Å². The van der Waals surface area contributed by atoms with Crippen LogP contribution in [0.1, 0.15) is 27.2 Å². The van der Waals surface area contributed by atoms with Crippen molar-refractivity contribution in [2.75, 3.05) is 13.2 Å². The van der Waals surface area contributed by atoms with E-state index < -0.39 is 11.6 Å². The van der Waals surface area contributed by atoms with Crippen LogP contribution in [0.2, 0.25) is 0 Å². The number of rotatable bonds is 6. The number of benzene rings is 1. The van der Waals surface area contributed by atoms with E-state index in [4.69, 9.17) is 4.74 Å². The molecule has 0 unspecified atom stereocenters. The number of halogens is 2. The Kier molecular flexibility index (Phi) is 4.87. The molecular formula is C13H19F2NO. The molecule has 17 heavy (non-hydrogen) atoms. The molecule has 1 rings (SSSR count). The van der Waals surface area contributed by atoms with Crippen LogP contribution in [0.25, 0.3) is 0 Å². The van der Waals surface area contributed by atoms with Crippen LogP contribution in [-0.4, -0.2) is 18.7 Å². The monoisotopic (exact) mass is 243 g/mol. The maximum Gasteiger partial charge on any atom is 0.162 e. The summed E-state index contributed by atoms with van der Waals surface area (Å²) in [4.78, 5) is 0. The highest BCUT2D eigenvalue weighted by atomic mass is 19.2. The van der Waals surface area contributed by atoms with Gasteiger partial charge in [0.15, 0.2) is 11.6 Å². The number of hydrogen-bond donors (Lipinski definition) is 1. The lowest BCUT2D eigenvalue weighted by atomic mass is 10.0. The second-order valence-electron chi connectivity index (χ2n) is 4.59. The number of nitrogens with one attached hydrogen (secondary N) is 1. The Balaban J connectivity index is 2.34. The molecule has 0 aliphatic rings. The second kappa shape index (κ2) is 5.96. The molecule has 0 aromatic heterocycles. The molecule has 0 radical (unpaired) electrons. The van der Waals surface area contributed by atoms with Gasteiger partial charge in [0.25, 0.3) is 0 Å². The van der Waals surface area contributed by atoms with Gasteiger partial charge in [-0.25, -0.2) is 8.78 Å². The molecule has 0 fully saturated rings. The molecule has 0 amide bonds. The molecule has 0 atom stereocenters. The van der Waals surface area contributed by atoms with E-state index in [0.29, 0.717) is 18.9 Å². The Morgan fingerprint density at radius 3 is 2.53 bits per heavy atom. The van der Waals surface area contributed by atoms with E-state index in [0.717, 1.165) is 18.6 Å². The van der Waals surface area contributed by atoms with Crippen LogP contribution in [0.5, 0.6) is 5.75 Å². The Labute approximate surface area is 101 Å². The second-order valence-corrected chi connectivity index (χ2v) is 4.59. The molecule has 0 spiro atoms. The maximum absolute atomic E-state index is 12.9. The van der Waals surface area contributed by atoms with Crippen molar-refractivity contribution in [2.24, 2.45) is 0 Å². The fourth-order valence-corrected chi connectivity index (χ4v) is 1.25. The lowest BCUT2D eigenvalue weighted by molar-refractivity contribution is 0.279. The predicted octanol–water partition coefficient (Wildman–Crippen LogP) is 3.12. The molecular weight excluding hydrogens is 224 g/mol. The lowest BCUT2D eigenvalue weighted by Crippen LogP contribution is -2.40. The van der Waals surface area contributed by atoms with E-state index in [1.165, 1.54) is 6.07 Å². The van der Waals surface area contributed by atoms with Crippen molar-refractivity contribution in [1.82, 2.24) is 5.32 Å². The zero-order chi connectivity index (χ0) is 12.9. The van der Waals surface area contributed by atoms with Crippen molar-refractivity contribution < 1.29 is 13.5 Å². The molecule has 1 aromatic rings. The van der Waals surface area contributed by atoms with E-state index in [-0.39, 0.29) is 5.54 Å². The summed E-state index contributed by atoms with van der Waals surface area (Å²) >= 11 is 0. The molecule has 4 heteroatoms. The van der Waals surface area contributed by atoms with Gasteiger partial charge in [-0.15, -0.1) is 0 Å². The molecule has 0 aliphatic heterocycles. The highest BCUT2D eigenvalue weighted by Gasteiger charge is 2.12. The smallest absolute Gasteiger partial charge is 0.162 e. The average Bonchev–Trinajstić information content (AvgIpc) is 2.29. The maximum atomic E-state index is 12.9. The molecule has 0 heterocycles. The SMILES string of the molecule is CCC(C)(C)NCCOc1ccc(F)c(F)c1. The summed E-state index contributed by atoms with van der Waals surface area (Å²) in [6.45, 7) is 7.40. The van der Waals surface area contributed by atoms with Gasteiger partial charge in [-0.2, -0.15) is 0 Å². The van der Waals surface area contributed by atoms with Crippen LogP contribution in [-0.2, 0) is 0 Å². The summed E-state index contributed by atoms with van der Waals surface area (Å²) in [5.74, 6) is -1.40. The Morgan fingerprint density at radius 2 is 1.94 bits per heavy atom. The minimum atomic E-state index is -0.885. The molecule has 0 saturated carbocycles. The van der Waals surface area contributed by atoms with Gasteiger partial charge in [0.2, 0.25) is 0 Å². The van der Waals surface area contributed by atoms with E-state index in [1.54, 1.807) is 0 Å². The highest BCUT2D eigenvalue weighted by molar-refractivity contribution is 5.23. The van der Waals surface area contributed by atoms with E-state index >= 15 is 0 Å². The van der Waals surface area contributed by atoms with Crippen molar-refractivity contribution in [3.8, 4) is 5.75 Å². The number of hydrogen-bond acceptors (Lipinski definition) is 2. The summed E-state index contributed by atoms with van der Waals surface area (Å²) in [5, 5.41) is 3.31. The predicted molar refractivity (Wildman–Crippen MR) is 64.2 cm³/mol. The Morgan fingerprint density at radius 1 is 1.24 bits per heavy atom. The first-order chi connectivity index (χ1) is 7.94. The van der Waals surface area contributed by atoms with Gasteiger partial charge in [0, 0.05) is 18.2 Å². The minimum absolute atomic E-state index is 0.0669. The molecule has 0 saturated heterocycles. The first-order valence-corrected chi connectivity index (χ1v) is 5.77. The fraction of sp³-hybridized carbons (Fsp3) is 0.538. The van der Waals surface area contributed by atoms with Crippen LogP contribution in [0.3, 0.4) is 0 Å². The van der Waals surface area contributed by atoms with Gasteiger partial charge >= 0.3 is 0 Å². The van der Waals surface area contributed by atoms with Crippen molar-refractivity contribution in [2.45, 2.75) is 32.7 Å². The quantitative estimate of drug-likeness (QED) is 0.775. The summed E-state index contributed by atoms with van der Waals surface area (Å²) in [6, 6.07) is 3.54. The first kappa shape index (κ1) is 13.9. The average molecular weight is 243 g/mol. The normalized spacial score (nSPS) is 11.6. The van der Waals surface area contributed by atoms with Crippen LogP contribution in [0.4, 0.5) is 8.78 Å². The third kappa shape index (κ3) is 4.69. The molecule has 0 aliphatic carbocycles. The summed E-state index contributed by atoms with van der Waals surface area (Å²) in [7, 11) is 0. The van der Waals surface area contributed by atoms with Gasteiger partial charge in [0.1, 0.15) is 12.4 Å². The summed E-state index contributed by atoms with van der Waals surface area (Å²) < 4.78 is 30.8. The Bertz CT molecular complexity index is 366. The molecule has 96 valence electrons. The van der Waals surface area contributed by atoms with Gasteiger partial charge in [-0.3, -0.25) is 0 Å². The number of ether oxygens (including phenoxy) is 1. The zero-order valence-electron chi connectivity index (χ0n) is 10.5. The summed E-state index contributed by atoms with van der Waals surface area (Å²) in [5.41, 5.74) is 0.0669. The first-order valence-electron chi connectivity index (χ1n) is 5.77. The van der Waals surface area contributed by atoms with E-state index in [9.17, 15) is 8.78 Å². The fourth-order valence-electron chi connectivity index (χ4n) is 1.25. The zero-order valence-corrected chi connectivity index (χ0v) is 10.5. The largest absolute Gasteiger partial charge is 0.492 e. The van der Waals surface area contributed by atoms with Crippen molar-refractivity contribution in [3.05, 3.63) is 29.8 Å². The third-order valence-electron chi connectivity index (χ3n) is 2.75. The highest BCUT2D eigenvalue weighted by Crippen LogP contribution is 2.15. The third-order valence-corrected chi connectivity index (χ3v) is 2.75. The van der Waals surface area contributed by atoms with Gasteiger partial charge < -0.3 is 10.1 Å². The van der Waals surface area contributed by atoms with Gasteiger partial charge in [0.05, 0.1) is 0 Å². The van der Waals surface area contributed by atoms with Crippen molar-refractivity contribution >= 4 is 0 Å². The van der Waals surface area contributed by atoms with E-state index in [1.807, 2.05) is 0 Å². The lowest BCUT2D eigenvalue weighted by Gasteiger charge is -2.24. The van der Waals surface area contributed by atoms with Crippen molar-refractivity contribution in [1.29, 1.82) is 0 Å². The van der Waals surface area contributed by atoms with Crippen LogP contribution >= 0.6 is 0 Å². The molecule has 1 N–H and O–H groups in total. The van der Waals surface area contributed by atoms with E-state index in [2.05, 4.69) is 26.1 Å². The van der Waals surface area contributed by atoms with Crippen LogP contribution in [0, 0.1) is 11.6 Å². The topological polar surface area (TPSA) is 21.3 Å². The molecule has 1 aromatic carbocycles. The summed E-state index contributed by atoms with van der Waals surface area (Å²) in [6.07, 6.45) is 1.01. The van der Waals surface area contributed by atoms with Gasteiger partial charge in [-0.1, -0.05) is 6.92 Å². The minimum Gasteiger partial charge on any atom is -0.492 e. The Hall–Kier alpha value is -1.16.